The highest BCUT2D eigenvalue weighted by molar-refractivity contribution is 6.03. The average molecular weight is 506 g/mol. The Balaban J connectivity index is 1.17. The van der Waals surface area contributed by atoms with Gasteiger partial charge in [0.1, 0.15) is 11.3 Å². The minimum absolute atomic E-state index is 0.146. The summed E-state index contributed by atoms with van der Waals surface area (Å²) in [5, 5.41) is 10.6. The number of hydrogen-bond acceptors (Lipinski definition) is 7. The number of carbonyl (C=O) groups is 3. The molecule has 10 heteroatoms. The molecule has 2 fully saturated rings. The highest BCUT2D eigenvalue weighted by Crippen LogP contribution is 2.34. The minimum Gasteiger partial charge on any atom is -0.482 e. The van der Waals surface area contributed by atoms with E-state index in [0.29, 0.717) is 29.9 Å². The molecule has 0 radical (unpaired) electrons. The van der Waals surface area contributed by atoms with Gasteiger partial charge in [-0.3, -0.25) is 29.3 Å². The molecule has 5 rings (SSSR count). The first-order valence-corrected chi connectivity index (χ1v) is 12.5. The number of imide groups is 1. The lowest BCUT2D eigenvalue weighted by atomic mass is 9.93. The fraction of sp³-hybridized carbons (Fsp3) is 0.407. The van der Waals surface area contributed by atoms with Crippen LogP contribution in [-0.4, -0.2) is 65.3 Å². The van der Waals surface area contributed by atoms with Crippen LogP contribution in [0.25, 0.3) is 10.9 Å². The zero-order chi connectivity index (χ0) is 25.8. The van der Waals surface area contributed by atoms with Crippen molar-refractivity contribution in [2.45, 2.75) is 31.8 Å². The Morgan fingerprint density at radius 1 is 1.14 bits per heavy atom. The van der Waals surface area contributed by atoms with Crippen LogP contribution in [0.15, 0.2) is 42.5 Å². The predicted octanol–water partition coefficient (Wildman–Crippen LogP) is 1.62. The van der Waals surface area contributed by atoms with Gasteiger partial charge in [0.05, 0.1) is 24.8 Å². The van der Waals surface area contributed by atoms with Crippen LogP contribution in [0, 0.1) is 0 Å². The van der Waals surface area contributed by atoms with Gasteiger partial charge in [-0.15, -0.1) is 0 Å². The smallest absolute Gasteiger partial charge is 0.258 e. The SMILES string of the molecule is Cn1nc(C2CCC(=O)NC2=O)c2cccc(OCC(=O)NCc3ccc(CN4CCOCC4)cc3)c21. The molecule has 37 heavy (non-hydrogen) atoms. The number of nitrogens with one attached hydrogen (secondary N) is 2. The van der Waals surface area contributed by atoms with Crippen molar-refractivity contribution >= 4 is 28.6 Å². The molecule has 2 aliphatic heterocycles. The molecule has 2 saturated heterocycles. The normalized spacial score (nSPS) is 18.6. The fourth-order valence-electron chi connectivity index (χ4n) is 4.83. The number of rotatable bonds is 8. The van der Waals surface area contributed by atoms with Crippen LogP contribution in [-0.2, 0) is 39.3 Å². The van der Waals surface area contributed by atoms with Gasteiger partial charge in [0, 0.05) is 45.0 Å². The summed E-state index contributed by atoms with van der Waals surface area (Å²) in [7, 11) is 1.77. The van der Waals surface area contributed by atoms with Crippen LogP contribution in [0.1, 0.15) is 35.6 Å². The Labute approximate surface area is 214 Å². The van der Waals surface area contributed by atoms with E-state index in [1.54, 1.807) is 17.8 Å². The number of carbonyl (C=O) groups excluding carboxylic acids is 3. The molecule has 2 N–H and O–H groups in total. The van der Waals surface area contributed by atoms with Crippen LogP contribution in [0.3, 0.4) is 0 Å². The summed E-state index contributed by atoms with van der Waals surface area (Å²) in [4.78, 5) is 38.8. The van der Waals surface area contributed by atoms with E-state index < -0.39 is 5.92 Å². The monoisotopic (exact) mass is 505 g/mol. The Morgan fingerprint density at radius 3 is 2.65 bits per heavy atom. The van der Waals surface area contributed by atoms with Crippen LogP contribution < -0.4 is 15.4 Å². The van der Waals surface area contributed by atoms with Gasteiger partial charge in [-0.1, -0.05) is 36.4 Å². The van der Waals surface area contributed by atoms with Crippen molar-refractivity contribution in [1.82, 2.24) is 25.3 Å². The molecular weight excluding hydrogens is 474 g/mol. The molecule has 2 aliphatic rings. The van der Waals surface area contributed by atoms with Crippen molar-refractivity contribution in [2.24, 2.45) is 7.05 Å². The van der Waals surface area contributed by atoms with E-state index in [9.17, 15) is 14.4 Å². The molecule has 1 aromatic heterocycles. The number of para-hydroxylation sites is 1. The number of aryl methyl sites for hydroxylation is 1. The molecule has 0 aliphatic carbocycles. The second-order valence-electron chi connectivity index (χ2n) is 9.44. The van der Waals surface area contributed by atoms with Crippen LogP contribution in [0.2, 0.25) is 0 Å². The lowest BCUT2D eigenvalue weighted by Gasteiger charge is -2.26. The van der Waals surface area contributed by atoms with Crippen LogP contribution >= 0.6 is 0 Å². The maximum atomic E-state index is 12.5. The maximum Gasteiger partial charge on any atom is 0.258 e. The lowest BCUT2D eigenvalue weighted by Crippen LogP contribution is -2.39. The number of piperidine rings is 1. The number of nitrogens with zero attached hydrogens (tertiary/aromatic N) is 3. The number of ether oxygens (including phenoxy) is 2. The highest BCUT2D eigenvalue weighted by atomic mass is 16.5. The van der Waals surface area contributed by atoms with Gasteiger partial charge < -0.3 is 14.8 Å². The molecule has 3 heterocycles. The summed E-state index contributed by atoms with van der Waals surface area (Å²) in [6.45, 7) is 4.62. The van der Waals surface area contributed by atoms with E-state index in [-0.39, 0.29) is 30.7 Å². The number of amides is 3. The second-order valence-corrected chi connectivity index (χ2v) is 9.44. The molecule has 3 aromatic rings. The zero-order valence-corrected chi connectivity index (χ0v) is 20.9. The summed E-state index contributed by atoms with van der Waals surface area (Å²) in [5.74, 6) is -0.827. The summed E-state index contributed by atoms with van der Waals surface area (Å²) >= 11 is 0. The summed E-state index contributed by atoms with van der Waals surface area (Å²) in [5.41, 5.74) is 3.56. The fourth-order valence-corrected chi connectivity index (χ4v) is 4.83. The van der Waals surface area contributed by atoms with Crippen molar-refractivity contribution in [3.05, 3.63) is 59.3 Å². The van der Waals surface area contributed by atoms with Gasteiger partial charge in [0.15, 0.2) is 6.61 Å². The van der Waals surface area contributed by atoms with E-state index >= 15 is 0 Å². The van der Waals surface area contributed by atoms with Gasteiger partial charge >= 0.3 is 0 Å². The van der Waals surface area contributed by atoms with E-state index in [2.05, 4.69) is 32.8 Å². The Morgan fingerprint density at radius 2 is 1.89 bits per heavy atom. The highest BCUT2D eigenvalue weighted by Gasteiger charge is 2.32. The van der Waals surface area contributed by atoms with Crippen molar-refractivity contribution in [3.63, 3.8) is 0 Å². The van der Waals surface area contributed by atoms with E-state index in [0.717, 1.165) is 43.8 Å². The number of hydrogen-bond donors (Lipinski definition) is 2. The quantitative estimate of drug-likeness (QED) is 0.447. The number of morpholine rings is 1. The topological polar surface area (TPSA) is 115 Å². The first kappa shape index (κ1) is 24.9. The first-order chi connectivity index (χ1) is 18.0. The van der Waals surface area contributed by atoms with Crippen molar-refractivity contribution in [1.29, 1.82) is 0 Å². The molecular formula is C27H31N5O5. The lowest BCUT2D eigenvalue weighted by molar-refractivity contribution is -0.134. The van der Waals surface area contributed by atoms with E-state index in [4.69, 9.17) is 9.47 Å². The average Bonchev–Trinajstić information content (AvgIpc) is 3.24. The van der Waals surface area contributed by atoms with Gasteiger partial charge in [0.25, 0.3) is 5.91 Å². The molecule has 0 saturated carbocycles. The van der Waals surface area contributed by atoms with Crippen LogP contribution in [0.5, 0.6) is 5.75 Å². The van der Waals surface area contributed by atoms with Crippen molar-refractivity contribution < 1.29 is 23.9 Å². The molecule has 1 unspecified atom stereocenters. The molecule has 1 atom stereocenters. The van der Waals surface area contributed by atoms with Gasteiger partial charge in [-0.05, 0) is 23.6 Å². The number of aromatic nitrogens is 2. The minimum atomic E-state index is -0.500. The Bertz CT molecular complexity index is 1300. The van der Waals surface area contributed by atoms with Gasteiger partial charge in [-0.25, -0.2) is 0 Å². The third kappa shape index (κ3) is 5.81. The number of fused-ring (bicyclic) bond motifs is 1. The third-order valence-electron chi connectivity index (χ3n) is 6.81. The molecule has 194 valence electrons. The van der Waals surface area contributed by atoms with E-state index in [1.165, 1.54) is 5.56 Å². The molecule has 0 spiro atoms. The Kier molecular flexibility index (Phi) is 7.47. The zero-order valence-electron chi connectivity index (χ0n) is 20.9. The third-order valence-corrected chi connectivity index (χ3v) is 6.81. The standard InChI is InChI=1S/C27H31N5O5/c1-31-26-20(25(30-31)21-9-10-23(33)29-27(21)35)3-2-4-22(26)37-17-24(34)28-15-18-5-7-19(8-6-18)16-32-11-13-36-14-12-32/h2-8,21H,9-17H2,1H3,(H,28,34)(H,29,33,35). The molecule has 10 nitrogen and oxygen atoms in total. The summed E-state index contributed by atoms with van der Waals surface area (Å²) < 4.78 is 12.9. The van der Waals surface area contributed by atoms with Crippen LogP contribution in [0.4, 0.5) is 0 Å². The largest absolute Gasteiger partial charge is 0.482 e. The van der Waals surface area contributed by atoms with Gasteiger partial charge in [-0.2, -0.15) is 5.10 Å². The van der Waals surface area contributed by atoms with Crippen molar-refractivity contribution in [2.75, 3.05) is 32.9 Å². The molecule has 0 bridgehead atoms. The van der Waals surface area contributed by atoms with Crippen molar-refractivity contribution in [3.8, 4) is 5.75 Å². The second kappa shape index (κ2) is 11.1. The summed E-state index contributed by atoms with van der Waals surface area (Å²) in [6, 6.07) is 13.7. The number of benzene rings is 2. The maximum absolute atomic E-state index is 12.5. The van der Waals surface area contributed by atoms with E-state index in [1.807, 2.05) is 24.3 Å². The predicted molar refractivity (Wildman–Crippen MR) is 136 cm³/mol. The first-order valence-electron chi connectivity index (χ1n) is 12.5. The summed E-state index contributed by atoms with van der Waals surface area (Å²) in [6.07, 6.45) is 0.694. The van der Waals surface area contributed by atoms with Gasteiger partial charge in [0.2, 0.25) is 11.8 Å². The Hall–Kier alpha value is -3.76. The molecule has 3 amide bonds. The molecule has 2 aromatic carbocycles.